The van der Waals surface area contributed by atoms with E-state index < -0.39 is 0 Å². The van der Waals surface area contributed by atoms with Crippen molar-refractivity contribution in [3.05, 3.63) is 11.8 Å². The fourth-order valence-electron chi connectivity index (χ4n) is 0.386. The third-order valence-corrected chi connectivity index (χ3v) is 1.12. The minimum absolute atomic E-state index is 0.278. The summed E-state index contributed by atoms with van der Waals surface area (Å²) in [6, 6.07) is 0.278. The number of hydrogen-bond donors (Lipinski definition) is 0. The lowest BCUT2D eigenvalue weighted by molar-refractivity contribution is 0.136. The molecule has 1 aliphatic rings. The molecule has 1 rings (SSSR count). The van der Waals surface area contributed by atoms with Crippen LogP contribution >= 0.6 is 0 Å². The van der Waals surface area contributed by atoms with E-state index in [2.05, 4.69) is 10.3 Å². The van der Waals surface area contributed by atoms with Crippen LogP contribution in [0, 0.1) is 0 Å². The van der Waals surface area contributed by atoms with Gasteiger partial charge in [0.2, 0.25) is 0 Å². The third kappa shape index (κ3) is 0.747. The van der Waals surface area contributed by atoms with Crippen LogP contribution in [0.5, 0.6) is 0 Å². The standard InChI is InChI=1S/C5H8NO/c1-4-3-7-6-5(4)2/h3,5H,1-2H3. The minimum Gasteiger partial charge on any atom is -0.395 e. The molecule has 0 bridgehead atoms. The lowest BCUT2D eigenvalue weighted by atomic mass is 10.2. The molecule has 0 N–H and O–H groups in total. The molecule has 39 valence electrons. The Morgan fingerprint density at radius 3 is 2.71 bits per heavy atom. The summed E-state index contributed by atoms with van der Waals surface area (Å²) in [5.74, 6) is 0. The zero-order valence-corrected chi connectivity index (χ0v) is 4.51. The summed E-state index contributed by atoms with van der Waals surface area (Å²) in [5.41, 5.74) is 4.92. The Bertz CT molecular complexity index is 98.3. The smallest absolute Gasteiger partial charge is 0.114 e. The van der Waals surface area contributed by atoms with Crippen molar-refractivity contribution in [3.8, 4) is 0 Å². The van der Waals surface area contributed by atoms with Crippen LogP contribution in [0.1, 0.15) is 13.8 Å². The third-order valence-electron chi connectivity index (χ3n) is 1.12. The van der Waals surface area contributed by atoms with E-state index in [4.69, 9.17) is 0 Å². The van der Waals surface area contributed by atoms with Crippen LogP contribution in [0.3, 0.4) is 0 Å². The van der Waals surface area contributed by atoms with Crippen molar-refractivity contribution < 1.29 is 4.84 Å². The van der Waals surface area contributed by atoms with E-state index in [1.807, 2.05) is 13.8 Å². The zero-order chi connectivity index (χ0) is 5.28. The second-order valence-corrected chi connectivity index (χ2v) is 1.75. The highest BCUT2D eigenvalue weighted by atomic mass is 16.6. The van der Waals surface area contributed by atoms with Gasteiger partial charge in [0.05, 0.1) is 6.04 Å². The highest BCUT2D eigenvalue weighted by Gasteiger charge is 2.10. The molecule has 0 saturated heterocycles. The minimum atomic E-state index is 0.278. The summed E-state index contributed by atoms with van der Waals surface area (Å²) in [6.07, 6.45) is 1.67. The zero-order valence-electron chi connectivity index (χ0n) is 4.51. The number of nitrogens with zero attached hydrogens (tertiary/aromatic N) is 1. The van der Waals surface area contributed by atoms with Gasteiger partial charge >= 0.3 is 0 Å². The number of hydrogen-bond acceptors (Lipinski definition) is 1. The van der Waals surface area contributed by atoms with Crippen molar-refractivity contribution in [2.24, 2.45) is 0 Å². The van der Waals surface area contributed by atoms with Crippen molar-refractivity contribution in [1.82, 2.24) is 5.48 Å². The number of rotatable bonds is 0. The van der Waals surface area contributed by atoms with Gasteiger partial charge in [-0.2, -0.15) is 0 Å². The number of hydroxylamine groups is 1. The Hall–Kier alpha value is -0.500. The predicted molar refractivity (Wildman–Crippen MR) is 26.4 cm³/mol. The summed E-state index contributed by atoms with van der Waals surface area (Å²) in [5, 5.41) is 0. The van der Waals surface area contributed by atoms with Crippen molar-refractivity contribution in [3.63, 3.8) is 0 Å². The Morgan fingerprint density at radius 2 is 2.57 bits per heavy atom. The highest BCUT2D eigenvalue weighted by Crippen LogP contribution is 2.07. The van der Waals surface area contributed by atoms with Crippen LogP contribution in [0.2, 0.25) is 0 Å². The molecule has 2 nitrogen and oxygen atoms in total. The van der Waals surface area contributed by atoms with Gasteiger partial charge in [0.15, 0.2) is 0 Å². The first-order valence-electron chi connectivity index (χ1n) is 2.33. The molecule has 1 aliphatic heterocycles. The van der Waals surface area contributed by atoms with E-state index in [-0.39, 0.29) is 6.04 Å². The molecular weight excluding hydrogens is 90.1 g/mol. The summed E-state index contributed by atoms with van der Waals surface area (Å²) in [7, 11) is 0. The van der Waals surface area contributed by atoms with Gasteiger partial charge in [-0.15, -0.1) is 0 Å². The Labute approximate surface area is 43.1 Å². The Balaban J connectivity index is 2.54. The van der Waals surface area contributed by atoms with Crippen molar-refractivity contribution in [2.45, 2.75) is 19.9 Å². The maximum Gasteiger partial charge on any atom is 0.114 e. The van der Waals surface area contributed by atoms with E-state index in [0.29, 0.717) is 0 Å². The summed E-state index contributed by atoms with van der Waals surface area (Å²) in [6.45, 7) is 4.00. The first-order chi connectivity index (χ1) is 3.30. The van der Waals surface area contributed by atoms with Crippen molar-refractivity contribution in [1.29, 1.82) is 0 Å². The fraction of sp³-hybridized carbons (Fsp3) is 0.600. The molecule has 0 fully saturated rings. The maximum atomic E-state index is 4.63. The summed E-state index contributed by atoms with van der Waals surface area (Å²) in [4.78, 5) is 4.63. The van der Waals surface area contributed by atoms with Crippen LogP contribution in [-0.4, -0.2) is 6.04 Å². The molecule has 0 amide bonds. The molecular formula is C5H8NO. The predicted octanol–water partition coefficient (Wildman–Crippen LogP) is 0.828. The lowest BCUT2D eigenvalue weighted by Crippen LogP contribution is -2.10. The Kier molecular flexibility index (Phi) is 1.02. The van der Waals surface area contributed by atoms with E-state index in [1.54, 1.807) is 6.26 Å². The van der Waals surface area contributed by atoms with Crippen molar-refractivity contribution in [2.75, 3.05) is 0 Å². The summed E-state index contributed by atoms with van der Waals surface area (Å²) < 4.78 is 0. The van der Waals surface area contributed by atoms with Crippen LogP contribution < -0.4 is 5.48 Å². The van der Waals surface area contributed by atoms with Gasteiger partial charge in [0, 0.05) is 0 Å². The van der Waals surface area contributed by atoms with E-state index in [1.165, 1.54) is 5.57 Å². The van der Waals surface area contributed by atoms with E-state index in [0.717, 1.165) is 0 Å². The molecule has 7 heavy (non-hydrogen) atoms. The van der Waals surface area contributed by atoms with Crippen LogP contribution in [0.15, 0.2) is 11.8 Å². The molecule has 0 aliphatic carbocycles. The monoisotopic (exact) mass is 98.1 g/mol. The average molecular weight is 98.1 g/mol. The molecule has 0 aromatic carbocycles. The topological polar surface area (TPSA) is 23.3 Å². The molecule has 0 aromatic rings. The normalized spacial score (nSPS) is 29.4. The van der Waals surface area contributed by atoms with E-state index in [9.17, 15) is 0 Å². The molecule has 1 unspecified atom stereocenters. The van der Waals surface area contributed by atoms with Crippen LogP contribution in [-0.2, 0) is 4.84 Å². The van der Waals surface area contributed by atoms with Gasteiger partial charge in [-0.25, -0.2) is 0 Å². The average Bonchev–Trinajstić information content (AvgIpc) is 1.91. The molecule has 1 atom stereocenters. The Morgan fingerprint density at radius 1 is 1.86 bits per heavy atom. The largest absolute Gasteiger partial charge is 0.395 e. The van der Waals surface area contributed by atoms with Gasteiger partial charge in [-0.05, 0) is 24.9 Å². The molecule has 1 heterocycles. The SMILES string of the molecule is CC1=CO[N]C1C. The lowest BCUT2D eigenvalue weighted by Gasteiger charge is -1.94. The first-order valence-corrected chi connectivity index (χ1v) is 2.33. The van der Waals surface area contributed by atoms with Gasteiger partial charge in [0.25, 0.3) is 0 Å². The second kappa shape index (κ2) is 1.54. The van der Waals surface area contributed by atoms with Gasteiger partial charge in [-0.1, -0.05) is 0 Å². The highest BCUT2D eigenvalue weighted by molar-refractivity contribution is 5.04. The van der Waals surface area contributed by atoms with Crippen LogP contribution in [0.4, 0.5) is 0 Å². The van der Waals surface area contributed by atoms with E-state index >= 15 is 0 Å². The van der Waals surface area contributed by atoms with Gasteiger partial charge in [0.1, 0.15) is 6.26 Å². The van der Waals surface area contributed by atoms with Crippen LogP contribution in [0.25, 0.3) is 0 Å². The molecule has 0 saturated carbocycles. The van der Waals surface area contributed by atoms with Gasteiger partial charge < -0.3 is 4.84 Å². The summed E-state index contributed by atoms with van der Waals surface area (Å²) >= 11 is 0. The molecule has 0 spiro atoms. The van der Waals surface area contributed by atoms with Crippen molar-refractivity contribution >= 4 is 0 Å². The molecule has 1 radical (unpaired) electrons. The quantitative estimate of drug-likeness (QED) is 0.440. The molecule has 0 aromatic heterocycles. The maximum absolute atomic E-state index is 4.63. The fourth-order valence-corrected chi connectivity index (χ4v) is 0.386. The molecule has 2 heteroatoms. The second-order valence-electron chi connectivity index (χ2n) is 1.75. The first kappa shape index (κ1) is 4.65. The van der Waals surface area contributed by atoms with Gasteiger partial charge in [-0.3, -0.25) is 0 Å².